The van der Waals surface area contributed by atoms with Gasteiger partial charge < -0.3 is 10.6 Å². The van der Waals surface area contributed by atoms with Gasteiger partial charge in [0, 0.05) is 38.0 Å². The molecule has 2 amide bonds. The first kappa shape index (κ1) is 20.4. The van der Waals surface area contributed by atoms with E-state index < -0.39 is 5.54 Å². The minimum absolute atomic E-state index is 0.00856. The first-order valence-corrected chi connectivity index (χ1v) is 11.0. The van der Waals surface area contributed by atoms with Gasteiger partial charge in [-0.1, -0.05) is 19.4 Å². The largest absolute Gasteiger partial charge is 0.354 e. The van der Waals surface area contributed by atoms with Gasteiger partial charge in [-0.2, -0.15) is 0 Å². The highest BCUT2D eigenvalue weighted by Gasteiger charge is 2.52. The molecule has 0 aromatic carbocycles. The Kier molecular flexibility index (Phi) is 6.61. The molecule has 152 valence electrons. The lowest BCUT2D eigenvalue weighted by molar-refractivity contribution is -0.138. The van der Waals surface area contributed by atoms with Gasteiger partial charge in [0.25, 0.3) is 0 Å². The van der Waals surface area contributed by atoms with Crippen molar-refractivity contribution in [3.63, 3.8) is 0 Å². The average Bonchev–Trinajstić information content (AvgIpc) is 3.22. The van der Waals surface area contributed by atoms with Crippen LogP contribution >= 0.6 is 0 Å². The highest BCUT2D eigenvalue weighted by Crippen LogP contribution is 2.43. The fraction of sp³-hybridized carbons (Fsp3) is 0.818. The summed E-state index contributed by atoms with van der Waals surface area (Å²) in [6.07, 6.45) is 11.8. The summed E-state index contributed by atoms with van der Waals surface area (Å²) in [7, 11) is 0. The van der Waals surface area contributed by atoms with Crippen LogP contribution in [0, 0.1) is 11.8 Å². The number of carbonyl (C=O) groups excluding carboxylic acids is 2. The Morgan fingerprint density at radius 2 is 1.81 bits per heavy atom. The van der Waals surface area contributed by atoms with E-state index in [-0.39, 0.29) is 23.7 Å². The zero-order valence-electron chi connectivity index (χ0n) is 17.1. The number of carbonyl (C=O) groups is 2. The fourth-order valence-electron chi connectivity index (χ4n) is 5.70. The quantitative estimate of drug-likeness (QED) is 0.506. The van der Waals surface area contributed by atoms with Crippen molar-refractivity contribution in [2.24, 2.45) is 11.8 Å². The molecule has 5 nitrogen and oxygen atoms in total. The van der Waals surface area contributed by atoms with E-state index in [0.717, 1.165) is 32.2 Å². The molecule has 2 aliphatic heterocycles. The standard InChI is InChI=1S/C22H37N3O2/c1-4-6-13-23-21(27)22(24-16(3)26)14-17(5-2)7-8-18(22)15-25-19-9-10-20(25)12-11-19/h5,17-20H,2,4,6-15H2,1,3H3,(H,23,27)(H,24,26)/t17-,18+,19?,20?,22-/m1/s1. The fourth-order valence-corrected chi connectivity index (χ4v) is 5.70. The average molecular weight is 376 g/mol. The van der Waals surface area contributed by atoms with E-state index in [1.165, 1.54) is 32.6 Å². The van der Waals surface area contributed by atoms with Crippen molar-refractivity contribution in [1.29, 1.82) is 0 Å². The molecule has 0 aromatic rings. The van der Waals surface area contributed by atoms with E-state index in [1.807, 2.05) is 6.08 Å². The van der Waals surface area contributed by atoms with E-state index in [4.69, 9.17) is 0 Å². The van der Waals surface area contributed by atoms with Crippen molar-refractivity contribution in [3.8, 4) is 0 Å². The molecule has 1 aliphatic carbocycles. The third-order valence-electron chi connectivity index (χ3n) is 7.16. The van der Waals surface area contributed by atoms with Crippen LogP contribution in [0.2, 0.25) is 0 Å². The number of allylic oxidation sites excluding steroid dienone is 1. The number of unbranched alkanes of at least 4 members (excludes halogenated alkanes) is 1. The predicted octanol–water partition coefficient (Wildman–Crippen LogP) is 3.01. The Hall–Kier alpha value is -1.36. The van der Waals surface area contributed by atoms with Gasteiger partial charge in [-0.3, -0.25) is 14.5 Å². The van der Waals surface area contributed by atoms with Crippen molar-refractivity contribution in [1.82, 2.24) is 15.5 Å². The van der Waals surface area contributed by atoms with Gasteiger partial charge in [0.15, 0.2) is 0 Å². The number of rotatable bonds is 8. The zero-order valence-corrected chi connectivity index (χ0v) is 17.1. The summed E-state index contributed by atoms with van der Waals surface area (Å²) >= 11 is 0. The summed E-state index contributed by atoms with van der Waals surface area (Å²) in [5, 5.41) is 6.27. The molecule has 3 aliphatic rings. The van der Waals surface area contributed by atoms with Gasteiger partial charge in [0.1, 0.15) is 5.54 Å². The molecular weight excluding hydrogens is 338 g/mol. The van der Waals surface area contributed by atoms with Crippen LogP contribution in [-0.4, -0.2) is 47.4 Å². The molecule has 3 rings (SSSR count). The summed E-state index contributed by atoms with van der Waals surface area (Å²) in [4.78, 5) is 28.2. The van der Waals surface area contributed by atoms with Gasteiger partial charge in [-0.05, 0) is 57.3 Å². The molecule has 27 heavy (non-hydrogen) atoms. The van der Waals surface area contributed by atoms with E-state index in [0.29, 0.717) is 25.0 Å². The van der Waals surface area contributed by atoms with E-state index >= 15 is 0 Å². The molecule has 2 N–H and O–H groups in total. The zero-order chi connectivity index (χ0) is 19.4. The summed E-state index contributed by atoms with van der Waals surface area (Å²) < 4.78 is 0. The van der Waals surface area contributed by atoms with Crippen LogP contribution in [0.3, 0.4) is 0 Å². The third-order valence-corrected chi connectivity index (χ3v) is 7.16. The molecule has 0 spiro atoms. The summed E-state index contributed by atoms with van der Waals surface area (Å²) in [6, 6.07) is 1.37. The number of amides is 2. The van der Waals surface area contributed by atoms with Crippen LogP contribution in [0.4, 0.5) is 0 Å². The monoisotopic (exact) mass is 375 g/mol. The third kappa shape index (κ3) is 4.23. The van der Waals surface area contributed by atoms with Crippen LogP contribution < -0.4 is 10.6 Å². The molecule has 3 atom stereocenters. The van der Waals surface area contributed by atoms with Gasteiger partial charge in [0.2, 0.25) is 11.8 Å². The lowest BCUT2D eigenvalue weighted by atomic mass is 9.67. The number of hydrogen-bond acceptors (Lipinski definition) is 3. The summed E-state index contributed by atoms with van der Waals surface area (Å²) in [5.41, 5.74) is -0.807. The first-order chi connectivity index (χ1) is 13.0. The van der Waals surface area contributed by atoms with E-state index in [9.17, 15) is 9.59 Å². The van der Waals surface area contributed by atoms with Crippen LogP contribution in [0.5, 0.6) is 0 Å². The Morgan fingerprint density at radius 1 is 1.15 bits per heavy atom. The molecule has 1 saturated carbocycles. The normalized spacial score (nSPS) is 35.8. The Labute approximate surface area is 164 Å². The minimum Gasteiger partial charge on any atom is -0.354 e. The van der Waals surface area contributed by atoms with Crippen LogP contribution in [0.15, 0.2) is 12.7 Å². The molecule has 2 saturated heterocycles. The van der Waals surface area contributed by atoms with Crippen molar-refractivity contribution in [2.75, 3.05) is 13.1 Å². The maximum atomic E-state index is 13.4. The van der Waals surface area contributed by atoms with Crippen molar-refractivity contribution < 1.29 is 9.59 Å². The highest BCUT2D eigenvalue weighted by atomic mass is 16.2. The molecule has 5 heteroatoms. The van der Waals surface area contributed by atoms with Crippen LogP contribution in [0.25, 0.3) is 0 Å². The topological polar surface area (TPSA) is 61.4 Å². The maximum absolute atomic E-state index is 13.4. The van der Waals surface area contributed by atoms with E-state index in [2.05, 4.69) is 29.0 Å². The minimum atomic E-state index is -0.807. The number of fused-ring (bicyclic) bond motifs is 2. The maximum Gasteiger partial charge on any atom is 0.246 e. The molecule has 2 bridgehead atoms. The lowest BCUT2D eigenvalue weighted by Crippen LogP contribution is -2.66. The van der Waals surface area contributed by atoms with Crippen LogP contribution in [-0.2, 0) is 9.59 Å². The predicted molar refractivity (Wildman–Crippen MR) is 108 cm³/mol. The van der Waals surface area contributed by atoms with Gasteiger partial charge in [-0.25, -0.2) is 0 Å². The second-order valence-corrected chi connectivity index (χ2v) is 8.90. The second kappa shape index (κ2) is 8.76. The Morgan fingerprint density at radius 3 is 2.37 bits per heavy atom. The highest BCUT2D eigenvalue weighted by molar-refractivity contribution is 5.91. The molecule has 0 radical (unpaired) electrons. The lowest BCUT2D eigenvalue weighted by Gasteiger charge is -2.47. The number of hydrogen-bond donors (Lipinski definition) is 2. The summed E-state index contributed by atoms with van der Waals surface area (Å²) in [5.74, 6) is 0.342. The number of nitrogens with zero attached hydrogens (tertiary/aromatic N) is 1. The van der Waals surface area contributed by atoms with Crippen molar-refractivity contribution >= 4 is 11.8 Å². The smallest absolute Gasteiger partial charge is 0.246 e. The first-order valence-electron chi connectivity index (χ1n) is 11.0. The SMILES string of the molecule is C=C[C@@H]1CC[C@@H](CN2C3CCC2CC3)[C@@](NC(C)=O)(C(=O)NCCCC)C1. The second-order valence-electron chi connectivity index (χ2n) is 8.90. The Balaban J connectivity index is 1.83. The van der Waals surface area contributed by atoms with Gasteiger partial charge >= 0.3 is 0 Å². The van der Waals surface area contributed by atoms with Gasteiger partial charge in [0.05, 0.1) is 0 Å². The molecule has 3 fully saturated rings. The summed E-state index contributed by atoms with van der Waals surface area (Å²) in [6.45, 7) is 9.24. The Bertz CT molecular complexity index is 544. The van der Waals surface area contributed by atoms with Crippen LogP contribution in [0.1, 0.15) is 71.6 Å². The van der Waals surface area contributed by atoms with Gasteiger partial charge in [-0.15, -0.1) is 6.58 Å². The number of nitrogens with one attached hydrogen (secondary N) is 2. The van der Waals surface area contributed by atoms with Crippen molar-refractivity contribution in [2.45, 2.75) is 89.3 Å². The van der Waals surface area contributed by atoms with E-state index in [1.54, 1.807) is 0 Å². The molecular formula is C22H37N3O2. The van der Waals surface area contributed by atoms with Crippen molar-refractivity contribution in [3.05, 3.63) is 12.7 Å². The molecule has 2 heterocycles. The molecule has 0 unspecified atom stereocenters. The molecule has 0 aromatic heterocycles.